The summed E-state index contributed by atoms with van der Waals surface area (Å²) in [5.41, 5.74) is 0.373. The molecule has 0 spiro atoms. The molecule has 0 bridgehead atoms. The van der Waals surface area contributed by atoms with Crippen LogP contribution in [0, 0.1) is 0 Å². The zero-order chi connectivity index (χ0) is 14.6. The molecule has 0 atom stereocenters. The van der Waals surface area contributed by atoms with Crippen LogP contribution in [0.1, 0.15) is 47.5 Å². The maximum atomic E-state index is 13.0. The Morgan fingerprint density at radius 1 is 1.26 bits per heavy atom. The number of likely N-dealkylation sites (tertiary alicyclic amines) is 1. The van der Waals surface area contributed by atoms with Crippen LogP contribution in [0.15, 0.2) is 11.5 Å². The average molecular weight is 289 g/mol. The topological polar surface area (TPSA) is 55.8 Å². The van der Waals surface area contributed by atoms with Crippen LogP contribution in [0.5, 0.6) is 0 Å². The summed E-state index contributed by atoms with van der Waals surface area (Å²) in [6.45, 7) is 9.53. The molecule has 1 fully saturated rings. The minimum Gasteiger partial charge on any atom is -0.306 e. The van der Waals surface area contributed by atoms with Crippen molar-refractivity contribution in [2.24, 2.45) is 0 Å². The molecular formula is C13H24NO4P. The van der Waals surface area contributed by atoms with Crippen molar-refractivity contribution in [2.45, 2.75) is 59.7 Å². The lowest BCUT2D eigenvalue weighted by Gasteiger charge is -2.29. The normalized spacial score (nSPS) is 17.9. The quantitative estimate of drug-likeness (QED) is 0.702. The fourth-order valence-corrected chi connectivity index (χ4v) is 4.24. The molecule has 1 heterocycles. The van der Waals surface area contributed by atoms with Gasteiger partial charge in [0.15, 0.2) is 0 Å². The SMILES string of the molecule is C/C=C(/N1CCCC1=O)P(=O)(OC(C)C)OC(C)C. The summed E-state index contributed by atoms with van der Waals surface area (Å²) in [5, 5.41) is 0. The Hall–Kier alpha value is -0.640. The van der Waals surface area contributed by atoms with Crippen LogP contribution in [0.3, 0.4) is 0 Å². The molecule has 1 aliphatic heterocycles. The average Bonchev–Trinajstić information content (AvgIpc) is 2.63. The van der Waals surface area contributed by atoms with Crippen LogP contribution in [-0.2, 0) is 18.4 Å². The van der Waals surface area contributed by atoms with Crippen molar-refractivity contribution in [3.05, 3.63) is 11.5 Å². The lowest BCUT2D eigenvalue weighted by Crippen LogP contribution is -2.26. The minimum absolute atomic E-state index is 0.0203. The van der Waals surface area contributed by atoms with Crippen molar-refractivity contribution >= 4 is 13.5 Å². The second kappa shape index (κ2) is 6.69. The van der Waals surface area contributed by atoms with Crippen LogP contribution in [0.25, 0.3) is 0 Å². The number of amides is 1. The van der Waals surface area contributed by atoms with E-state index < -0.39 is 7.60 Å². The van der Waals surface area contributed by atoms with Crippen LogP contribution in [0.2, 0.25) is 0 Å². The molecule has 0 radical (unpaired) electrons. The summed E-state index contributed by atoms with van der Waals surface area (Å²) in [5.74, 6) is -0.0203. The first kappa shape index (κ1) is 16.4. The van der Waals surface area contributed by atoms with Gasteiger partial charge in [-0.25, -0.2) is 0 Å². The van der Waals surface area contributed by atoms with Crippen molar-refractivity contribution in [1.82, 2.24) is 4.90 Å². The van der Waals surface area contributed by atoms with Crippen molar-refractivity contribution in [2.75, 3.05) is 6.54 Å². The first-order chi connectivity index (χ1) is 8.80. The fourth-order valence-electron chi connectivity index (χ4n) is 2.04. The lowest BCUT2D eigenvalue weighted by molar-refractivity contribution is -0.125. The maximum absolute atomic E-state index is 13.0. The molecule has 1 saturated heterocycles. The van der Waals surface area contributed by atoms with E-state index in [1.807, 2.05) is 0 Å². The van der Waals surface area contributed by atoms with Gasteiger partial charge in [-0.05, 0) is 41.0 Å². The maximum Gasteiger partial charge on any atom is 0.377 e. The third-order valence-corrected chi connectivity index (χ3v) is 5.05. The van der Waals surface area contributed by atoms with Crippen molar-refractivity contribution in [1.29, 1.82) is 0 Å². The molecule has 19 heavy (non-hydrogen) atoms. The van der Waals surface area contributed by atoms with E-state index in [-0.39, 0.29) is 18.1 Å². The van der Waals surface area contributed by atoms with Gasteiger partial charge in [0.1, 0.15) is 5.44 Å². The highest BCUT2D eigenvalue weighted by Gasteiger charge is 2.39. The Kier molecular flexibility index (Phi) is 5.78. The number of carbonyl (C=O) groups is 1. The van der Waals surface area contributed by atoms with Crippen molar-refractivity contribution in [3.63, 3.8) is 0 Å². The molecule has 1 aliphatic rings. The lowest BCUT2D eigenvalue weighted by atomic mass is 10.4. The molecule has 0 unspecified atom stereocenters. The number of hydrogen-bond donors (Lipinski definition) is 0. The summed E-state index contributed by atoms with van der Waals surface area (Å²) >= 11 is 0. The first-order valence-corrected chi connectivity index (χ1v) is 8.28. The van der Waals surface area contributed by atoms with Crippen LogP contribution >= 0.6 is 7.60 Å². The Morgan fingerprint density at radius 2 is 1.79 bits per heavy atom. The highest BCUT2D eigenvalue weighted by Crippen LogP contribution is 2.59. The van der Waals surface area contributed by atoms with E-state index in [0.717, 1.165) is 6.42 Å². The van der Waals surface area contributed by atoms with Gasteiger partial charge in [0, 0.05) is 13.0 Å². The minimum atomic E-state index is -3.46. The van der Waals surface area contributed by atoms with Gasteiger partial charge >= 0.3 is 7.60 Å². The highest BCUT2D eigenvalue weighted by atomic mass is 31.2. The Morgan fingerprint density at radius 3 is 2.11 bits per heavy atom. The first-order valence-electron chi connectivity index (χ1n) is 6.74. The Balaban J connectivity index is 3.06. The van der Waals surface area contributed by atoms with Gasteiger partial charge in [0.25, 0.3) is 0 Å². The summed E-state index contributed by atoms with van der Waals surface area (Å²) in [4.78, 5) is 13.4. The summed E-state index contributed by atoms with van der Waals surface area (Å²) in [7, 11) is -3.46. The molecule has 5 nitrogen and oxygen atoms in total. The number of carbonyl (C=O) groups excluding carboxylic acids is 1. The summed E-state index contributed by atoms with van der Waals surface area (Å²) in [6, 6.07) is 0. The van der Waals surface area contributed by atoms with E-state index >= 15 is 0 Å². The van der Waals surface area contributed by atoms with Gasteiger partial charge in [0.05, 0.1) is 12.2 Å². The Labute approximate surface area is 115 Å². The molecule has 6 heteroatoms. The standard InChI is InChI=1S/C13H24NO4P/c1-6-13(14-9-7-8-12(14)15)19(16,17-10(2)3)18-11(4)5/h6,10-11H,7-9H2,1-5H3/b13-6-. The third kappa shape index (κ3) is 4.16. The molecular weight excluding hydrogens is 265 g/mol. The van der Waals surface area contributed by atoms with Gasteiger partial charge in [0.2, 0.25) is 5.91 Å². The zero-order valence-electron chi connectivity index (χ0n) is 12.4. The van der Waals surface area contributed by atoms with Gasteiger partial charge in [-0.2, -0.15) is 0 Å². The molecule has 0 N–H and O–H groups in total. The third-order valence-electron chi connectivity index (χ3n) is 2.59. The number of allylic oxidation sites excluding steroid dienone is 1. The Bertz CT molecular complexity index is 389. The van der Waals surface area contributed by atoms with E-state index in [0.29, 0.717) is 18.4 Å². The molecule has 1 rings (SSSR count). The van der Waals surface area contributed by atoms with Gasteiger partial charge < -0.3 is 13.9 Å². The van der Waals surface area contributed by atoms with Crippen LogP contribution < -0.4 is 0 Å². The molecule has 0 aromatic carbocycles. The second-order valence-corrected chi connectivity index (χ2v) is 6.98. The predicted octanol–water partition coefficient (Wildman–Crippen LogP) is 3.51. The van der Waals surface area contributed by atoms with E-state index in [1.54, 1.807) is 40.7 Å². The molecule has 0 aliphatic carbocycles. The zero-order valence-corrected chi connectivity index (χ0v) is 13.3. The van der Waals surface area contributed by atoms with Gasteiger partial charge in [-0.1, -0.05) is 6.08 Å². The van der Waals surface area contributed by atoms with E-state index in [9.17, 15) is 9.36 Å². The smallest absolute Gasteiger partial charge is 0.306 e. The fraction of sp³-hybridized carbons (Fsp3) is 0.769. The number of nitrogens with zero attached hydrogens (tertiary/aromatic N) is 1. The molecule has 110 valence electrons. The van der Waals surface area contributed by atoms with E-state index in [4.69, 9.17) is 9.05 Å². The van der Waals surface area contributed by atoms with Gasteiger partial charge in [-0.15, -0.1) is 0 Å². The molecule has 0 saturated carbocycles. The van der Waals surface area contributed by atoms with Crippen molar-refractivity contribution in [3.8, 4) is 0 Å². The number of rotatable bonds is 6. The summed E-state index contributed by atoms with van der Waals surface area (Å²) < 4.78 is 24.1. The monoisotopic (exact) mass is 289 g/mol. The second-order valence-electron chi connectivity index (χ2n) is 5.10. The molecule has 1 amide bonds. The predicted molar refractivity (Wildman–Crippen MR) is 74.8 cm³/mol. The van der Waals surface area contributed by atoms with Crippen LogP contribution in [-0.4, -0.2) is 29.6 Å². The highest BCUT2D eigenvalue weighted by molar-refractivity contribution is 7.58. The number of hydrogen-bond acceptors (Lipinski definition) is 4. The molecule has 0 aromatic rings. The van der Waals surface area contributed by atoms with Crippen LogP contribution in [0.4, 0.5) is 0 Å². The van der Waals surface area contributed by atoms with Gasteiger partial charge in [-0.3, -0.25) is 9.36 Å². The van der Waals surface area contributed by atoms with E-state index in [1.165, 1.54) is 4.90 Å². The summed E-state index contributed by atoms with van der Waals surface area (Å²) in [6.07, 6.45) is 2.45. The van der Waals surface area contributed by atoms with Crippen molar-refractivity contribution < 1.29 is 18.4 Å². The largest absolute Gasteiger partial charge is 0.377 e. The molecule has 0 aromatic heterocycles. The van der Waals surface area contributed by atoms with E-state index in [2.05, 4.69) is 0 Å².